The monoisotopic (exact) mass is 407 g/mol. The Labute approximate surface area is 170 Å². The summed E-state index contributed by atoms with van der Waals surface area (Å²) in [6, 6.07) is 3.54. The molecule has 2 rings (SSSR count). The predicted molar refractivity (Wildman–Crippen MR) is 109 cm³/mol. The molecule has 0 bridgehead atoms. The van der Waals surface area contributed by atoms with Gasteiger partial charge in [0.2, 0.25) is 5.75 Å². The highest BCUT2D eigenvalue weighted by Gasteiger charge is 2.28. The lowest BCUT2D eigenvalue weighted by Gasteiger charge is -2.24. The first kappa shape index (κ1) is 21.8. The summed E-state index contributed by atoms with van der Waals surface area (Å²) in [6.07, 6.45) is 6.27. The summed E-state index contributed by atoms with van der Waals surface area (Å²) in [7, 11) is 4.61. The van der Waals surface area contributed by atoms with E-state index in [2.05, 4.69) is 0 Å². The number of halogens is 1. The van der Waals surface area contributed by atoms with Crippen molar-refractivity contribution in [1.29, 1.82) is 0 Å². The van der Waals surface area contributed by atoms with Gasteiger partial charge in [0.25, 0.3) is 11.8 Å². The molecule has 7 heteroatoms. The molecule has 1 aromatic rings. The Morgan fingerprint density at radius 1 is 1.18 bits per heavy atom. The van der Waals surface area contributed by atoms with Gasteiger partial charge in [-0.05, 0) is 43.0 Å². The van der Waals surface area contributed by atoms with Crippen molar-refractivity contribution in [1.82, 2.24) is 4.90 Å². The molecule has 0 aromatic heterocycles. The maximum absolute atomic E-state index is 13.1. The summed E-state index contributed by atoms with van der Waals surface area (Å²) in [4.78, 5) is 26.6. The summed E-state index contributed by atoms with van der Waals surface area (Å²) in [5.41, 5.74) is 1.26. The molecule has 6 nitrogen and oxygen atoms in total. The van der Waals surface area contributed by atoms with E-state index in [1.165, 1.54) is 26.2 Å². The molecule has 2 amide bonds. The molecule has 0 saturated carbocycles. The van der Waals surface area contributed by atoms with Crippen LogP contribution in [-0.4, -0.2) is 44.6 Å². The number of unbranched alkanes of at least 4 members (excludes halogenated alkanes) is 1. The van der Waals surface area contributed by atoms with Gasteiger partial charge in [0.1, 0.15) is 5.03 Å². The van der Waals surface area contributed by atoms with E-state index < -0.39 is 5.91 Å². The van der Waals surface area contributed by atoms with Crippen LogP contribution in [0.2, 0.25) is 0 Å². The number of benzene rings is 1. The van der Waals surface area contributed by atoms with Crippen molar-refractivity contribution in [3.8, 4) is 17.2 Å². The summed E-state index contributed by atoms with van der Waals surface area (Å²) < 4.78 is 16.1. The van der Waals surface area contributed by atoms with Gasteiger partial charge in [0, 0.05) is 12.1 Å². The Balaban J connectivity index is 2.45. The Morgan fingerprint density at radius 3 is 2.36 bits per heavy atom. The largest absolute Gasteiger partial charge is 0.493 e. The number of amides is 2. The number of imide groups is 1. The van der Waals surface area contributed by atoms with Gasteiger partial charge in [-0.25, -0.2) is 0 Å². The van der Waals surface area contributed by atoms with Crippen molar-refractivity contribution in [2.45, 2.75) is 32.6 Å². The summed E-state index contributed by atoms with van der Waals surface area (Å²) in [5, 5.41) is 0.0854. The van der Waals surface area contributed by atoms with Crippen molar-refractivity contribution >= 4 is 29.5 Å². The molecule has 152 valence electrons. The Bertz CT molecular complexity index is 775. The van der Waals surface area contributed by atoms with E-state index in [1.54, 1.807) is 24.3 Å². The molecule has 0 saturated heterocycles. The molecule has 0 unspecified atom stereocenters. The molecule has 0 fully saturated rings. The van der Waals surface area contributed by atoms with E-state index in [4.69, 9.17) is 25.8 Å². The van der Waals surface area contributed by atoms with Gasteiger partial charge in [-0.15, -0.1) is 0 Å². The lowest BCUT2D eigenvalue weighted by atomic mass is 10.0. The zero-order valence-corrected chi connectivity index (χ0v) is 17.5. The average molecular weight is 408 g/mol. The first-order valence-electron chi connectivity index (χ1n) is 9.19. The Morgan fingerprint density at radius 2 is 1.82 bits per heavy atom. The SMILES string of the molecule is CCCC/C(=C\c1cc(OC)c(OC)c(OC)c1)C(=O)N1CCC=C(Cl)C1=O. The van der Waals surface area contributed by atoms with Crippen LogP contribution >= 0.6 is 11.6 Å². The number of carbonyl (C=O) groups is 2. The van der Waals surface area contributed by atoms with Crippen LogP contribution in [0.4, 0.5) is 0 Å². The van der Waals surface area contributed by atoms with Gasteiger partial charge in [-0.3, -0.25) is 14.5 Å². The fourth-order valence-corrected chi connectivity index (χ4v) is 3.21. The molecule has 0 radical (unpaired) electrons. The molecule has 0 N–H and O–H groups in total. The molecule has 1 heterocycles. The van der Waals surface area contributed by atoms with Crippen LogP contribution < -0.4 is 14.2 Å². The van der Waals surface area contributed by atoms with Crippen LogP contribution in [0.1, 0.15) is 38.2 Å². The highest BCUT2D eigenvalue weighted by molar-refractivity contribution is 6.43. The topological polar surface area (TPSA) is 65.1 Å². The van der Waals surface area contributed by atoms with Crippen molar-refractivity contribution in [2.75, 3.05) is 27.9 Å². The minimum atomic E-state index is -0.454. The first-order chi connectivity index (χ1) is 13.5. The van der Waals surface area contributed by atoms with E-state index in [1.807, 2.05) is 6.92 Å². The van der Waals surface area contributed by atoms with Crippen LogP contribution in [0.25, 0.3) is 6.08 Å². The normalized spacial score (nSPS) is 14.6. The van der Waals surface area contributed by atoms with Gasteiger partial charge < -0.3 is 14.2 Å². The molecule has 1 aliphatic rings. The molecule has 0 spiro atoms. The smallest absolute Gasteiger partial charge is 0.271 e. The van der Waals surface area contributed by atoms with Crippen LogP contribution in [0, 0.1) is 0 Å². The maximum atomic E-state index is 13.1. The van der Waals surface area contributed by atoms with E-state index in [0.717, 1.165) is 18.4 Å². The van der Waals surface area contributed by atoms with Crippen LogP contribution in [0.3, 0.4) is 0 Å². The fourth-order valence-electron chi connectivity index (χ4n) is 3.00. The first-order valence-corrected chi connectivity index (χ1v) is 9.57. The van der Waals surface area contributed by atoms with Gasteiger partial charge in [-0.2, -0.15) is 0 Å². The third kappa shape index (κ3) is 4.87. The number of ether oxygens (including phenoxy) is 3. The third-order valence-corrected chi connectivity index (χ3v) is 4.79. The van der Waals surface area contributed by atoms with E-state index in [0.29, 0.717) is 42.2 Å². The van der Waals surface area contributed by atoms with Crippen molar-refractivity contribution in [3.63, 3.8) is 0 Å². The summed E-state index contributed by atoms with van der Waals surface area (Å²) in [6.45, 7) is 2.37. The third-order valence-electron chi connectivity index (χ3n) is 4.47. The molecule has 0 aliphatic carbocycles. The number of hydrogen-bond acceptors (Lipinski definition) is 5. The van der Waals surface area contributed by atoms with Crippen molar-refractivity contribution < 1.29 is 23.8 Å². The molecular formula is C21H26ClNO5. The fraction of sp³-hybridized carbons (Fsp3) is 0.429. The Kier molecular flexibility index (Phi) is 7.93. The number of carbonyl (C=O) groups excluding carboxylic acids is 2. The zero-order valence-electron chi connectivity index (χ0n) is 16.7. The van der Waals surface area contributed by atoms with E-state index >= 15 is 0 Å². The lowest BCUT2D eigenvalue weighted by molar-refractivity contribution is -0.140. The molecule has 28 heavy (non-hydrogen) atoms. The van der Waals surface area contributed by atoms with E-state index in [9.17, 15) is 9.59 Å². The number of methoxy groups -OCH3 is 3. The summed E-state index contributed by atoms with van der Waals surface area (Å²) >= 11 is 5.94. The number of hydrogen-bond donors (Lipinski definition) is 0. The molecule has 0 atom stereocenters. The second-order valence-corrected chi connectivity index (χ2v) is 6.74. The molecule has 1 aromatic carbocycles. The number of rotatable bonds is 8. The molecular weight excluding hydrogens is 382 g/mol. The number of nitrogens with zero attached hydrogens (tertiary/aromatic N) is 1. The quantitative estimate of drug-likeness (QED) is 0.605. The van der Waals surface area contributed by atoms with Crippen molar-refractivity contribution in [2.24, 2.45) is 0 Å². The van der Waals surface area contributed by atoms with Gasteiger partial charge in [-0.1, -0.05) is 31.0 Å². The maximum Gasteiger partial charge on any atom is 0.271 e. The zero-order chi connectivity index (χ0) is 20.7. The standard InChI is InChI=1S/C21H26ClNO5/c1-5-6-8-15(20(24)23-10-7-9-16(22)21(23)25)11-14-12-17(26-2)19(28-4)18(13-14)27-3/h9,11-13H,5-8,10H2,1-4H3/b15-11+. The highest BCUT2D eigenvalue weighted by Crippen LogP contribution is 2.39. The second kappa shape index (κ2) is 10.2. The summed E-state index contributed by atoms with van der Waals surface area (Å²) in [5.74, 6) is 0.696. The second-order valence-electron chi connectivity index (χ2n) is 6.33. The van der Waals surface area contributed by atoms with Gasteiger partial charge in [0.05, 0.1) is 21.3 Å². The Hall–Kier alpha value is -2.47. The van der Waals surface area contributed by atoms with Crippen LogP contribution in [-0.2, 0) is 9.59 Å². The van der Waals surface area contributed by atoms with Crippen molar-refractivity contribution in [3.05, 3.63) is 34.4 Å². The molecule has 1 aliphatic heterocycles. The van der Waals surface area contributed by atoms with Gasteiger partial charge >= 0.3 is 0 Å². The minimum Gasteiger partial charge on any atom is -0.493 e. The van der Waals surface area contributed by atoms with Crippen LogP contribution in [0.15, 0.2) is 28.8 Å². The predicted octanol–water partition coefficient (Wildman–Crippen LogP) is 4.17. The lowest BCUT2D eigenvalue weighted by Crippen LogP contribution is -2.40. The van der Waals surface area contributed by atoms with E-state index in [-0.39, 0.29) is 10.9 Å². The highest BCUT2D eigenvalue weighted by atomic mass is 35.5. The van der Waals surface area contributed by atoms with Crippen LogP contribution in [0.5, 0.6) is 17.2 Å². The minimum absolute atomic E-state index is 0.0854. The average Bonchev–Trinajstić information content (AvgIpc) is 2.71. The van der Waals surface area contributed by atoms with Gasteiger partial charge in [0.15, 0.2) is 11.5 Å².